The molecule has 1 aromatic rings. The van der Waals surface area contributed by atoms with Gasteiger partial charge < -0.3 is 19.9 Å². The van der Waals surface area contributed by atoms with Crippen LogP contribution in [0.5, 0.6) is 0 Å². The van der Waals surface area contributed by atoms with Crippen molar-refractivity contribution < 1.29 is 14.3 Å². The molecule has 5 rings (SSSR count). The first-order valence-corrected chi connectivity index (χ1v) is 16.1. The number of benzene rings is 1. The summed E-state index contributed by atoms with van der Waals surface area (Å²) in [6.45, 7) is 13.0. The predicted octanol–water partition coefficient (Wildman–Crippen LogP) is 7.12. The normalized spacial score (nSPS) is 25.3. The molecule has 3 amide bonds. The number of unbranched alkanes of at least 4 members (excludes halogenated alkanes) is 1. The number of amides is 3. The first-order chi connectivity index (χ1) is 19.2. The number of anilines is 1. The number of likely N-dealkylation sites (tertiary alicyclic amines) is 2. The second-order valence-electron chi connectivity index (χ2n) is 13.4. The third-order valence-corrected chi connectivity index (χ3v) is 10.7. The summed E-state index contributed by atoms with van der Waals surface area (Å²) in [5.74, 6) is 0.636. The number of hydrogen-bond donors (Lipinski definition) is 1. The summed E-state index contributed by atoms with van der Waals surface area (Å²) in [6, 6.07) is 6.34. The molecule has 0 aromatic heterocycles. The van der Waals surface area contributed by atoms with Crippen molar-refractivity contribution in [2.24, 2.45) is 5.92 Å². The van der Waals surface area contributed by atoms with Gasteiger partial charge in [-0.25, -0.2) is 9.59 Å². The molecule has 0 bridgehead atoms. The molecule has 1 atom stereocenters. The van der Waals surface area contributed by atoms with E-state index in [4.69, 9.17) is 4.74 Å². The maximum atomic E-state index is 13.3. The van der Waals surface area contributed by atoms with Crippen molar-refractivity contribution in [3.8, 4) is 0 Å². The molecule has 0 radical (unpaired) electrons. The van der Waals surface area contributed by atoms with Gasteiger partial charge in [-0.15, -0.1) is 0 Å². The van der Waals surface area contributed by atoms with E-state index >= 15 is 0 Å². The Morgan fingerprint density at radius 1 is 1.00 bits per heavy atom. The van der Waals surface area contributed by atoms with Gasteiger partial charge in [0.05, 0.1) is 6.04 Å². The Labute approximate surface area is 242 Å². The maximum absolute atomic E-state index is 13.3. The van der Waals surface area contributed by atoms with Gasteiger partial charge in [0.1, 0.15) is 5.60 Å². The van der Waals surface area contributed by atoms with Crippen molar-refractivity contribution in [2.45, 2.75) is 122 Å². The Morgan fingerprint density at radius 2 is 1.65 bits per heavy atom. The first-order valence-electron chi connectivity index (χ1n) is 16.1. The highest BCUT2D eigenvalue weighted by Gasteiger charge is 2.55. The number of carbonyl (C=O) groups is 2. The van der Waals surface area contributed by atoms with Gasteiger partial charge in [0.15, 0.2) is 0 Å². The lowest BCUT2D eigenvalue weighted by atomic mass is 9.78. The molecule has 1 saturated carbocycles. The van der Waals surface area contributed by atoms with E-state index in [1.165, 1.54) is 32.1 Å². The average molecular weight is 553 g/mol. The molecule has 40 heavy (non-hydrogen) atoms. The molecular weight excluding hydrogens is 500 g/mol. The largest absolute Gasteiger partial charge is 0.440 e. The van der Waals surface area contributed by atoms with Gasteiger partial charge in [0, 0.05) is 56.8 Å². The highest BCUT2D eigenvalue weighted by molar-refractivity contribution is 5.91. The molecule has 1 aliphatic carbocycles. The molecule has 4 aliphatic rings. The standard InChI is InChI=1S/C33H52N4O3/c1-5-6-15-28-33(40-31(39)37(28)24-27-13-8-7-9-14-27)18-22-36(23-19-33)32(4)16-20-35(21-17-32)30(38)34-29-25(2)11-10-12-26(29)3/h10-12,27-28H,5-9,13-24H2,1-4H3,(H,34,38). The van der Waals surface area contributed by atoms with Crippen LogP contribution in [0.4, 0.5) is 15.3 Å². The van der Waals surface area contributed by atoms with Gasteiger partial charge in [0.25, 0.3) is 0 Å². The van der Waals surface area contributed by atoms with Gasteiger partial charge in [0.2, 0.25) is 0 Å². The smallest absolute Gasteiger partial charge is 0.410 e. The average Bonchev–Trinajstić information content (AvgIpc) is 3.19. The summed E-state index contributed by atoms with van der Waals surface area (Å²) in [5.41, 5.74) is 2.86. The van der Waals surface area contributed by atoms with Crippen LogP contribution in [0.15, 0.2) is 18.2 Å². The fraction of sp³-hybridized carbons (Fsp3) is 0.758. The summed E-state index contributed by atoms with van der Waals surface area (Å²) >= 11 is 0. The van der Waals surface area contributed by atoms with Gasteiger partial charge in [-0.1, -0.05) is 57.2 Å². The topological polar surface area (TPSA) is 65.1 Å². The SMILES string of the molecule is CCCCC1N(CC2CCCCC2)C(=O)OC12CCN(C1(C)CCN(C(=O)Nc3c(C)cccc3C)CC1)CC2. The van der Waals surface area contributed by atoms with Crippen molar-refractivity contribution in [2.75, 3.05) is 38.0 Å². The minimum atomic E-state index is -0.334. The molecule has 4 fully saturated rings. The summed E-state index contributed by atoms with van der Waals surface area (Å²) in [4.78, 5) is 33.1. The van der Waals surface area contributed by atoms with Gasteiger partial charge in [-0.05, 0) is 69.9 Å². The van der Waals surface area contributed by atoms with Crippen LogP contribution in [0.25, 0.3) is 0 Å². The lowest BCUT2D eigenvalue weighted by molar-refractivity contribution is -0.0593. The summed E-state index contributed by atoms with van der Waals surface area (Å²) in [5, 5.41) is 3.17. The quantitative estimate of drug-likeness (QED) is 0.391. The molecule has 7 heteroatoms. The summed E-state index contributed by atoms with van der Waals surface area (Å²) < 4.78 is 6.35. The Balaban J connectivity index is 1.18. The van der Waals surface area contributed by atoms with Gasteiger partial charge in [-0.2, -0.15) is 0 Å². The van der Waals surface area contributed by atoms with Crippen LogP contribution in [0.1, 0.15) is 102 Å². The predicted molar refractivity (Wildman–Crippen MR) is 161 cm³/mol. The number of hydrogen-bond acceptors (Lipinski definition) is 4. The van der Waals surface area contributed by atoms with Crippen LogP contribution in [-0.4, -0.2) is 76.7 Å². The third kappa shape index (κ3) is 6.00. The van der Waals surface area contributed by atoms with Gasteiger partial charge in [-0.3, -0.25) is 4.90 Å². The Bertz CT molecular complexity index is 1020. The molecule has 1 aromatic carbocycles. The Morgan fingerprint density at radius 3 is 2.27 bits per heavy atom. The van der Waals surface area contributed by atoms with Crippen molar-refractivity contribution in [1.29, 1.82) is 0 Å². The molecular formula is C33H52N4O3. The van der Waals surface area contributed by atoms with E-state index in [9.17, 15) is 9.59 Å². The van der Waals surface area contributed by atoms with Crippen LogP contribution in [0.2, 0.25) is 0 Å². The minimum absolute atomic E-state index is 0.00624. The van der Waals surface area contributed by atoms with Gasteiger partial charge >= 0.3 is 12.1 Å². The number of ether oxygens (including phenoxy) is 1. The van der Waals surface area contributed by atoms with Crippen LogP contribution < -0.4 is 5.32 Å². The monoisotopic (exact) mass is 552 g/mol. The second kappa shape index (κ2) is 12.3. The fourth-order valence-corrected chi connectivity index (χ4v) is 7.94. The van der Waals surface area contributed by atoms with E-state index in [1.54, 1.807) is 0 Å². The Kier molecular flexibility index (Phi) is 8.98. The Hall–Kier alpha value is -2.28. The molecule has 7 nitrogen and oxygen atoms in total. The lowest BCUT2D eigenvalue weighted by Gasteiger charge is -2.51. The third-order valence-electron chi connectivity index (χ3n) is 10.7. The summed E-state index contributed by atoms with van der Waals surface area (Å²) in [7, 11) is 0. The van der Waals surface area contributed by atoms with E-state index in [-0.39, 0.29) is 29.3 Å². The van der Waals surface area contributed by atoms with E-state index in [2.05, 4.69) is 29.0 Å². The number of urea groups is 1. The van der Waals surface area contributed by atoms with Crippen molar-refractivity contribution in [3.63, 3.8) is 0 Å². The number of aryl methyl sites for hydroxylation is 2. The van der Waals surface area contributed by atoms with E-state index in [1.807, 2.05) is 36.9 Å². The zero-order valence-corrected chi connectivity index (χ0v) is 25.5. The molecule has 3 heterocycles. The first kappa shape index (κ1) is 29.2. The molecule has 222 valence electrons. The molecule has 1 spiro atoms. The van der Waals surface area contributed by atoms with Crippen LogP contribution >= 0.6 is 0 Å². The maximum Gasteiger partial charge on any atom is 0.410 e. The highest BCUT2D eigenvalue weighted by atomic mass is 16.6. The van der Waals surface area contributed by atoms with Crippen molar-refractivity contribution in [3.05, 3.63) is 29.3 Å². The van der Waals surface area contributed by atoms with E-state index in [0.29, 0.717) is 5.92 Å². The number of para-hydroxylation sites is 1. The lowest BCUT2D eigenvalue weighted by Crippen LogP contribution is -2.60. The molecule has 1 N–H and O–H groups in total. The number of nitrogens with zero attached hydrogens (tertiary/aromatic N) is 3. The van der Waals surface area contributed by atoms with Crippen LogP contribution in [0.3, 0.4) is 0 Å². The van der Waals surface area contributed by atoms with E-state index < -0.39 is 0 Å². The highest BCUT2D eigenvalue weighted by Crippen LogP contribution is 2.44. The minimum Gasteiger partial charge on any atom is -0.440 e. The number of rotatable bonds is 7. The van der Waals surface area contributed by atoms with Crippen LogP contribution in [-0.2, 0) is 4.74 Å². The number of piperidine rings is 2. The number of nitrogens with one attached hydrogen (secondary N) is 1. The fourth-order valence-electron chi connectivity index (χ4n) is 7.94. The molecule has 3 aliphatic heterocycles. The van der Waals surface area contributed by atoms with Crippen molar-refractivity contribution in [1.82, 2.24) is 14.7 Å². The van der Waals surface area contributed by atoms with Crippen molar-refractivity contribution >= 4 is 17.8 Å². The zero-order chi connectivity index (χ0) is 28.3. The van der Waals surface area contributed by atoms with E-state index in [0.717, 1.165) is 94.5 Å². The number of carbonyl (C=O) groups excluding carboxylic acids is 2. The van der Waals surface area contributed by atoms with Crippen LogP contribution in [0, 0.1) is 19.8 Å². The molecule has 3 saturated heterocycles. The second-order valence-corrected chi connectivity index (χ2v) is 13.4. The molecule has 1 unspecified atom stereocenters. The zero-order valence-electron chi connectivity index (χ0n) is 25.5. The summed E-state index contributed by atoms with van der Waals surface area (Å²) in [6.07, 6.45) is 13.5.